The van der Waals surface area contributed by atoms with Gasteiger partial charge in [-0.1, -0.05) is 42.7 Å². The number of esters is 1. The Hall–Kier alpha value is -4.06. The molecule has 9 nitrogen and oxygen atoms in total. The summed E-state index contributed by atoms with van der Waals surface area (Å²) in [4.78, 5) is 36.6. The minimum absolute atomic E-state index is 0.0596. The molecule has 0 saturated heterocycles. The third-order valence-electron chi connectivity index (χ3n) is 5.12. The van der Waals surface area contributed by atoms with Gasteiger partial charge in [0.05, 0.1) is 23.4 Å². The van der Waals surface area contributed by atoms with Crippen molar-refractivity contribution in [2.45, 2.75) is 26.1 Å². The molecule has 0 aliphatic rings. The van der Waals surface area contributed by atoms with Gasteiger partial charge in [-0.3, -0.25) is 4.79 Å². The lowest BCUT2D eigenvalue weighted by atomic mass is 10.0. The molecule has 13 heteroatoms. The largest absolute Gasteiger partial charge is 0.467 e. The number of carbonyl (C=O) groups excluding carboxylic acids is 3. The number of urea groups is 1. The lowest BCUT2D eigenvalue weighted by molar-refractivity contribution is -0.144. The molecule has 0 aliphatic carbocycles. The molecule has 3 rings (SSSR count). The highest BCUT2D eigenvalue weighted by Gasteiger charge is 2.31. The van der Waals surface area contributed by atoms with E-state index in [2.05, 4.69) is 21.1 Å². The molecule has 3 N–H and O–H groups in total. The number of nitrogens with one attached hydrogen (secondary N) is 3. The molecule has 196 valence electrons. The van der Waals surface area contributed by atoms with Crippen LogP contribution in [-0.2, 0) is 15.7 Å². The molecule has 2 aromatic carbocycles. The van der Waals surface area contributed by atoms with Crippen molar-refractivity contribution >= 4 is 40.9 Å². The third-order valence-corrected chi connectivity index (χ3v) is 5.45. The molecule has 0 radical (unpaired) electrons. The Morgan fingerprint density at radius 2 is 1.70 bits per heavy atom. The van der Waals surface area contributed by atoms with Crippen molar-refractivity contribution in [2.75, 3.05) is 17.7 Å². The highest BCUT2D eigenvalue weighted by atomic mass is 35.5. The van der Waals surface area contributed by atoms with Gasteiger partial charge in [0.2, 0.25) is 5.76 Å². The van der Waals surface area contributed by atoms with E-state index in [4.69, 9.17) is 20.9 Å². The van der Waals surface area contributed by atoms with Crippen LogP contribution < -0.4 is 16.0 Å². The van der Waals surface area contributed by atoms with Gasteiger partial charge in [0.25, 0.3) is 5.91 Å². The number of hydrogen-bond acceptors (Lipinski definition) is 6. The summed E-state index contributed by atoms with van der Waals surface area (Å²) in [5, 5.41) is 11.1. The van der Waals surface area contributed by atoms with Crippen molar-refractivity contribution in [3.63, 3.8) is 0 Å². The number of ether oxygens (including phenoxy) is 1. The number of carbonyl (C=O) groups is 3. The standard InChI is InChI=1S/C24H22ClF3N4O5/c1-12(2)20(22(34)36-3)31-21(33)19-11-17(32-37-19)13-4-7-15(8-5-13)29-23(35)30-18-10-14(24(26,27)28)6-9-16(18)25/h4-12,20H,1-3H3,(H,31,33)(H2,29,30,35). The van der Waals surface area contributed by atoms with Crippen LogP contribution in [0.1, 0.15) is 30.0 Å². The third kappa shape index (κ3) is 7.00. The number of benzene rings is 2. The topological polar surface area (TPSA) is 123 Å². The summed E-state index contributed by atoms with van der Waals surface area (Å²) in [6, 6.07) is 8.49. The second-order valence-electron chi connectivity index (χ2n) is 8.14. The molecule has 0 aliphatic heterocycles. The van der Waals surface area contributed by atoms with Gasteiger partial charge in [0, 0.05) is 17.3 Å². The van der Waals surface area contributed by atoms with Crippen molar-refractivity contribution in [1.82, 2.24) is 10.5 Å². The van der Waals surface area contributed by atoms with Crippen molar-refractivity contribution < 1.29 is 36.8 Å². The molecule has 0 saturated carbocycles. The fraction of sp³-hybridized carbons (Fsp3) is 0.250. The molecule has 0 bridgehead atoms. The molecule has 3 amide bonds. The van der Waals surface area contributed by atoms with E-state index in [1.54, 1.807) is 26.0 Å². The van der Waals surface area contributed by atoms with Gasteiger partial charge in [-0.25, -0.2) is 9.59 Å². The maximum Gasteiger partial charge on any atom is 0.416 e. The summed E-state index contributed by atoms with van der Waals surface area (Å²) in [6.07, 6.45) is -4.59. The van der Waals surface area contributed by atoms with Gasteiger partial charge in [-0.05, 0) is 36.2 Å². The average Bonchev–Trinajstić information content (AvgIpc) is 3.33. The molecule has 0 fully saturated rings. The fourth-order valence-corrected chi connectivity index (χ4v) is 3.33. The molecule has 1 aromatic heterocycles. The zero-order valence-corrected chi connectivity index (χ0v) is 20.5. The van der Waals surface area contributed by atoms with Crippen molar-refractivity contribution in [3.05, 3.63) is 64.9 Å². The van der Waals surface area contributed by atoms with E-state index < -0.39 is 35.7 Å². The normalized spacial score (nSPS) is 12.1. The Morgan fingerprint density at radius 1 is 1.03 bits per heavy atom. The molecule has 37 heavy (non-hydrogen) atoms. The summed E-state index contributed by atoms with van der Waals surface area (Å²) in [6.45, 7) is 3.50. The number of amides is 3. The first kappa shape index (κ1) is 27.5. The average molecular weight is 539 g/mol. The van der Waals surface area contributed by atoms with Gasteiger partial charge >= 0.3 is 18.2 Å². The van der Waals surface area contributed by atoms with Crippen LogP contribution in [0.2, 0.25) is 5.02 Å². The van der Waals surface area contributed by atoms with Crippen LogP contribution in [0, 0.1) is 5.92 Å². The summed E-state index contributed by atoms with van der Waals surface area (Å²) in [7, 11) is 1.22. The second-order valence-corrected chi connectivity index (χ2v) is 8.55. The van der Waals surface area contributed by atoms with Gasteiger partial charge in [-0.15, -0.1) is 0 Å². The van der Waals surface area contributed by atoms with Gasteiger partial charge < -0.3 is 25.2 Å². The van der Waals surface area contributed by atoms with Crippen LogP contribution in [0.4, 0.5) is 29.3 Å². The van der Waals surface area contributed by atoms with Crippen molar-refractivity contribution in [2.24, 2.45) is 5.92 Å². The predicted octanol–water partition coefficient (Wildman–Crippen LogP) is 5.59. The maximum absolute atomic E-state index is 12.9. The molecule has 1 atom stereocenters. The van der Waals surface area contributed by atoms with Gasteiger partial charge in [0.15, 0.2) is 0 Å². The highest BCUT2D eigenvalue weighted by molar-refractivity contribution is 6.33. The molecule has 1 heterocycles. The van der Waals surface area contributed by atoms with E-state index in [1.165, 1.54) is 25.3 Å². The lowest BCUT2D eigenvalue weighted by Crippen LogP contribution is -2.44. The number of hydrogen-bond donors (Lipinski definition) is 3. The zero-order valence-electron chi connectivity index (χ0n) is 19.8. The first-order valence-corrected chi connectivity index (χ1v) is 11.2. The zero-order chi connectivity index (χ0) is 27.3. The summed E-state index contributed by atoms with van der Waals surface area (Å²) >= 11 is 5.90. The first-order valence-electron chi connectivity index (χ1n) is 10.8. The van der Waals surface area contributed by atoms with E-state index >= 15 is 0 Å². The highest BCUT2D eigenvalue weighted by Crippen LogP contribution is 2.34. The summed E-state index contributed by atoms with van der Waals surface area (Å²) in [5.74, 6) is -1.58. The number of aromatic nitrogens is 1. The summed E-state index contributed by atoms with van der Waals surface area (Å²) < 4.78 is 48.5. The number of anilines is 2. The molecule has 1 unspecified atom stereocenters. The Labute approximate surface area is 214 Å². The van der Waals surface area contributed by atoms with E-state index in [1.807, 2.05) is 0 Å². The quantitative estimate of drug-likeness (QED) is 0.337. The monoisotopic (exact) mass is 538 g/mol. The fourth-order valence-electron chi connectivity index (χ4n) is 3.16. The van der Waals surface area contributed by atoms with Crippen molar-refractivity contribution in [3.8, 4) is 11.3 Å². The molecule has 0 spiro atoms. The van der Waals surface area contributed by atoms with E-state index in [-0.39, 0.29) is 22.4 Å². The van der Waals surface area contributed by atoms with Gasteiger partial charge in [0.1, 0.15) is 11.7 Å². The number of rotatable bonds is 7. The molecule has 3 aromatic rings. The SMILES string of the molecule is COC(=O)C(NC(=O)c1cc(-c2ccc(NC(=O)Nc3cc(C(F)(F)F)ccc3Cl)cc2)no1)C(C)C. The number of alkyl halides is 3. The number of halogens is 4. The van der Waals surface area contributed by atoms with E-state index in [0.717, 1.165) is 18.2 Å². The molecular formula is C24H22ClF3N4O5. The Balaban J connectivity index is 1.65. The predicted molar refractivity (Wildman–Crippen MR) is 129 cm³/mol. The van der Waals surface area contributed by atoms with Crippen LogP contribution in [0.5, 0.6) is 0 Å². The smallest absolute Gasteiger partial charge is 0.416 e. The van der Waals surface area contributed by atoms with E-state index in [0.29, 0.717) is 16.9 Å². The number of methoxy groups -OCH3 is 1. The minimum atomic E-state index is -4.59. The lowest BCUT2D eigenvalue weighted by Gasteiger charge is -2.18. The maximum atomic E-state index is 12.9. The van der Waals surface area contributed by atoms with Crippen LogP contribution in [-0.4, -0.2) is 36.2 Å². The van der Waals surface area contributed by atoms with E-state index in [9.17, 15) is 27.6 Å². The Kier molecular flexibility index (Phi) is 8.43. The second kappa shape index (κ2) is 11.3. The van der Waals surface area contributed by atoms with Crippen molar-refractivity contribution in [1.29, 1.82) is 0 Å². The molecular weight excluding hydrogens is 517 g/mol. The van der Waals surface area contributed by atoms with Crippen LogP contribution in [0.25, 0.3) is 11.3 Å². The van der Waals surface area contributed by atoms with Crippen LogP contribution >= 0.6 is 11.6 Å². The number of nitrogens with zero attached hydrogens (tertiary/aromatic N) is 1. The minimum Gasteiger partial charge on any atom is -0.467 e. The summed E-state index contributed by atoms with van der Waals surface area (Å²) in [5.41, 5.74) is 0.0240. The van der Waals surface area contributed by atoms with Crippen LogP contribution in [0.15, 0.2) is 53.1 Å². The first-order chi connectivity index (χ1) is 17.4. The van der Waals surface area contributed by atoms with Crippen LogP contribution in [0.3, 0.4) is 0 Å². The Bertz CT molecular complexity index is 1290. The van der Waals surface area contributed by atoms with Gasteiger partial charge in [-0.2, -0.15) is 13.2 Å². The Morgan fingerprint density at radius 3 is 2.30 bits per heavy atom.